The van der Waals surface area contributed by atoms with Gasteiger partial charge in [0.1, 0.15) is 0 Å². The summed E-state index contributed by atoms with van der Waals surface area (Å²) in [5.41, 5.74) is 0. The lowest BCUT2D eigenvalue weighted by atomic mass is 10.5. The van der Waals surface area contributed by atoms with Crippen LogP contribution in [0.4, 0.5) is 0 Å². The predicted octanol–water partition coefficient (Wildman–Crippen LogP) is 0.122. The zero-order chi connectivity index (χ0) is 6.86. The fourth-order valence-corrected chi connectivity index (χ4v) is 2.03. The summed E-state index contributed by atoms with van der Waals surface area (Å²) < 4.78 is 0. The van der Waals surface area contributed by atoms with Crippen LogP contribution in [-0.2, 0) is 0 Å². The first kappa shape index (κ1) is 6.24. The summed E-state index contributed by atoms with van der Waals surface area (Å²) >= 11 is 1.79. The summed E-state index contributed by atoms with van der Waals surface area (Å²) in [6.45, 7) is 1.03. The smallest absolute Gasteiger partial charge is 0.234 e. The van der Waals surface area contributed by atoms with Gasteiger partial charge in [0, 0.05) is 24.7 Å². The standard InChI is InChI=1S/C6H9N3S/c1-2-7-6(8-3-1)9-4-5-10-6/h1-3,7,9H,4-5H2. The Kier molecular flexibility index (Phi) is 1.43. The summed E-state index contributed by atoms with van der Waals surface area (Å²) in [7, 11) is 0. The highest BCUT2D eigenvalue weighted by atomic mass is 32.2. The molecule has 2 rings (SSSR count). The SMILES string of the molecule is C1=CNC2(N=C1)NCCS2. The molecule has 1 unspecified atom stereocenters. The molecule has 54 valence electrons. The third-order valence-corrected chi connectivity index (χ3v) is 2.69. The third-order valence-electron chi connectivity index (χ3n) is 1.50. The molecule has 1 saturated heterocycles. The van der Waals surface area contributed by atoms with Crippen molar-refractivity contribution in [3.63, 3.8) is 0 Å². The van der Waals surface area contributed by atoms with Crippen molar-refractivity contribution in [2.24, 2.45) is 4.99 Å². The molecular weight excluding hydrogens is 146 g/mol. The Morgan fingerprint density at radius 2 is 2.60 bits per heavy atom. The largest absolute Gasteiger partial charge is 0.346 e. The van der Waals surface area contributed by atoms with Crippen LogP contribution < -0.4 is 10.6 Å². The molecule has 0 saturated carbocycles. The highest BCUT2D eigenvalue weighted by Gasteiger charge is 2.32. The van der Waals surface area contributed by atoms with E-state index in [4.69, 9.17) is 0 Å². The number of nitrogens with zero attached hydrogens (tertiary/aromatic N) is 1. The fraction of sp³-hybridized carbons (Fsp3) is 0.500. The number of thioether (sulfide) groups is 1. The Morgan fingerprint density at radius 3 is 3.20 bits per heavy atom. The number of hydrogen-bond acceptors (Lipinski definition) is 4. The summed E-state index contributed by atoms with van der Waals surface area (Å²) in [4.78, 5) is 4.29. The molecule has 4 heteroatoms. The molecule has 2 heterocycles. The highest BCUT2D eigenvalue weighted by molar-refractivity contribution is 8.00. The molecule has 0 amide bonds. The van der Waals surface area contributed by atoms with E-state index in [-0.39, 0.29) is 5.12 Å². The van der Waals surface area contributed by atoms with Crippen LogP contribution in [0.5, 0.6) is 0 Å². The fourth-order valence-electron chi connectivity index (χ4n) is 1.04. The minimum Gasteiger partial charge on any atom is -0.346 e. The molecule has 1 spiro atoms. The van der Waals surface area contributed by atoms with Crippen LogP contribution in [0.1, 0.15) is 0 Å². The molecule has 1 atom stereocenters. The predicted molar refractivity (Wildman–Crippen MR) is 44.0 cm³/mol. The Labute approximate surface area is 64.0 Å². The number of nitrogens with one attached hydrogen (secondary N) is 2. The first-order valence-corrected chi connectivity index (χ1v) is 4.27. The van der Waals surface area contributed by atoms with Crippen molar-refractivity contribution in [3.8, 4) is 0 Å². The van der Waals surface area contributed by atoms with Gasteiger partial charge in [-0.25, -0.2) is 4.99 Å². The van der Waals surface area contributed by atoms with Gasteiger partial charge >= 0.3 is 0 Å². The van der Waals surface area contributed by atoms with E-state index in [1.807, 2.05) is 18.5 Å². The Morgan fingerprint density at radius 1 is 1.60 bits per heavy atom. The van der Waals surface area contributed by atoms with E-state index in [0.29, 0.717) is 0 Å². The molecule has 2 aliphatic heterocycles. The lowest BCUT2D eigenvalue weighted by molar-refractivity contribution is 0.474. The van der Waals surface area contributed by atoms with Gasteiger partial charge in [0.05, 0.1) is 0 Å². The summed E-state index contributed by atoms with van der Waals surface area (Å²) in [5, 5.41) is 6.22. The normalized spacial score (nSPS) is 36.8. The minimum atomic E-state index is -0.227. The van der Waals surface area contributed by atoms with Crippen molar-refractivity contribution >= 4 is 18.0 Å². The summed E-state index contributed by atoms with van der Waals surface area (Å²) in [5.74, 6) is 1.12. The molecule has 1 fully saturated rings. The second-order valence-electron chi connectivity index (χ2n) is 2.20. The van der Waals surface area contributed by atoms with E-state index >= 15 is 0 Å². The average molecular weight is 155 g/mol. The number of allylic oxidation sites excluding steroid dienone is 1. The lowest BCUT2D eigenvalue weighted by Gasteiger charge is -2.25. The van der Waals surface area contributed by atoms with Gasteiger partial charge in [-0.2, -0.15) is 0 Å². The van der Waals surface area contributed by atoms with Crippen molar-refractivity contribution in [2.45, 2.75) is 5.12 Å². The van der Waals surface area contributed by atoms with Crippen molar-refractivity contribution in [2.75, 3.05) is 12.3 Å². The second kappa shape index (κ2) is 2.29. The van der Waals surface area contributed by atoms with Crippen LogP contribution in [-0.4, -0.2) is 23.6 Å². The van der Waals surface area contributed by atoms with Gasteiger partial charge in [-0.15, -0.1) is 0 Å². The molecule has 0 aromatic heterocycles. The first-order valence-electron chi connectivity index (χ1n) is 3.28. The molecule has 2 N–H and O–H groups in total. The topological polar surface area (TPSA) is 36.4 Å². The molecule has 0 aromatic carbocycles. The Hall–Kier alpha value is -0.480. The number of rotatable bonds is 0. The van der Waals surface area contributed by atoms with Gasteiger partial charge in [0.25, 0.3) is 0 Å². The summed E-state index contributed by atoms with van der Waals surface area (Å²) in [6.07, 6.45) is 5.63. The van der Waals surface area contributed by atoms with Gasteiger partial charge in [0.15, 0.2) is 0 Å². The highest BCUT2D eigenvalue weighted by Crippen LogP contribution is 2.26. The molecule has 0 bridgehead atoms. The van der Waals surface area contributed by atoms with Gasteiger partial charge in [-0.1, -0.05) is 11.8 Å². The zero-order valence-electron chi connectivity index (χ0n) is 5.50. The van der Waals surface area contributed by atoms with E-state index in [9.17, 15) is 0 Å². The van der Waals surface area contributed by atoms with Crippen molar-refractivity contribution < 1.29 is 0 Å². The van der Waals surface area contributed by atoms with Crippen molar-refractivity contribution in [3.05, 3.63) is 12.3 Å². The molecule has 3 nitrogen and oxygen atoms in total. The molecular formula is C6H9N3S. The van der Waals surface area contributed by atoms with Crippen LogP contribution in [0.3, 0.4) is 0 Å². The lowest BCUT2D eigenvalue weighted by Crippen LogP contribution is -2.47. The van der Waals surface area contributed by atoms with Crippen LogP contribution in [0.25, 0.3) is 0 Å². The maximum atomic E-state index is 4.29. The van der Waals surface area contributed by atoms with E-state index in [2.05, 4.69) is 15.6 Å². The Bertz CT molecular complexity index is 181. The average Bonchev–Trinajstić information content (AvgIpc) is 2.39. The van der Waals surface area contributed by atoms with Crippen LogP contribution in [0.2, 0.25) is 0 Å². The van der Waals surface area contributed by atoms with Crippen LogP contribution in [0.15, 0.2) is 17.3 Å². The first-order chi connectivity index (χ1) is 4.91. The van der Waals surface area contributed by atoms with Gasteiger partial charge < -0.3 is 5.32 Å². The van der Waals surface area contributed by atoms with Gasteiger partial charge in [-0.05, 0) is 6.08 Å². The monoisotopic (exact) mass is 155 g/mol. The third kappa shape index (κ3) is 0.932. The second-order valence-corrected chi connectivity index (χ2v) is 3.49. The number of hydrogen-bond donors (Lipinski definition) is 2. The van der Waals surface area contributed by atoms with E-state index < -0.39 is 0 Å². The minimum absolute atomic E-state index is 0.227. The van der Waals surface area contributed by atoms with Gasteiger partial charge in [-0.3, -0.25) is 5.32 Å². The Balaban J connectivity index is 2.15. The van der Waals surface area contributed by atoms with E-state index in [1.54, 1.807) is 11.8 Å². The molecule has 0 aliphatic carbocycles. The molecule has 2 aliphatic rings. The molecule has 10 heavy (non-hydrogen) atoms. The zero-order valence-corrected chi connectivity index (χ0v) is 6.32. The van der Waals surface area contributed by atoms with E-state index in [1.165, 1.54) is 0 Å². The maximum absolute atomic E-state index is 4.29. The van der Waals surface area contributed by atoms with Gasteiger partial charge in [0.2, 0.25) is 5.12 Å². The van der Waals surface area contributed by atoms with Crippen molar-refractivity contribution in [1.29, 1.82) is 0 Å². The molecule has 0 radical (unpaired) electrons. The van der Waals surface area contributed by atoms with Crippen LogP contribution in [0, 0.1) is 0 Å². The van der Waals surface area contributed by atoms with E-state index in [0.717, 1.165) is 12.3 Å². The quantitative estimate of drug-likeness (QED) is 0.522. The molecule has 0 aromatic rings. The summed E-state index contributed by atoms with van der Waals surface area (Å²) in [6, 6.07) is 0. The number of aliphatic imine (C=N–C) groups is 1. The maximum Gasteiger partial charge on any atom is 0.234 e. The van der Waals surface area contributed by atoms with Crippen LogP contribution >= 0.6 is 11.8 Å². The van der Waals surface area contributed by atoms with Crippen molar-refractivity contribution in [1.82, 2.24) is 10.6 Å².